The first kappa shape index (κ1) is 22.4. The number of carbonyl (C=O) groups excluding carboxylic acids is 3. The van der Waals surface area contributed by atoms with Gasteiger partial charge < -0.3 is 10.6 Å². The summed E-state index contributed by atoms with van der Waals surface area (Å²) in [4.78, 5) is 44.1. The summed E-state index contributed by atoms with van der Waals surface area (Å²) in [5.41, 5.74) is 3.28. The van der Waals surface area contributed by atoms with Crippen LogP contribution in [0.1, 0.15) is 11.1 Å². The van der Waals surface area contributed by atoms with Gasteiger partial charge in [0.2, 0.25) is 11.8 Å². The van der Waals surface area contributed by atoms with Gasteiger partial charge in [-0.1, -0.05) is 34.1 Å². The third-order valence-corrected chi connectivity index (χ3v) is 7.30. The third-order valence-electron chi connectivity index (χ3n) is 4.84. The Bertz CT molecular complexity index is 1200. The molecule has 0 saturated carbocycles. The van der Waals surface area contributed by atoms with Gasteiger partial charge in [0.05, 0.1) is 16.3 Å². The number of hydrogen-bond donors (Lipinski definition) is 2. The van der Waals surface area contributed by atoms with Crippen molar-refractivity contribution in [3.8, 4) is 0 Å². The first-order valence-electron chi connectivity index (χ1n) is 9.55. The Morgan fingerprint density at radius 1 is 1.09 bits per heavy atom. The van der Waals surface area contributed by atoms with Crippen molar-refractivity contribution in [1.29, 1.82) is 0 Å². The minimum absolute atomic E-state index is 0.00704. The number of halogens is 1. The second kappa shape index (κ2) is 8.97. The molecule has 2 aliphatic heterocycles. The van der Waals surface area contributed by atoms with Gasteiger partial charge in [-0.05, 0) is 79.3 Å². The number of amidine groups is 1. The highest BCUT2D eigenvalue weighted by atomic mass is 79.9. The topological polar surface area (TPSA) is 90.9 Å². The van der Waals surface area contributed by atoms with Crippen LogP contribution in [-0.4, -0.2) is 28.0 Å². The van der Waals surface area contributed by atoms with Crippen LogP contribution in [0.2, 0.25) is 0 Å². The van der Waals surface area contributed by atoms with E-state index >= 15 is 0 Å². The molecule has 162 valence electrons. The van der Waals surface area contributed by atoms with E-state index in [1.54, 1.807) is 24.3 Å². The molecule has 7 nitrogen and oxygen atoms in total. The quantitative estimate of drug-likeness (QED) is 0.358. The number of hydrogen-bond acceptors (Lipinski definition) is 6. The number of aryl methyl sites for hydroxylation is 2. The highest BCUT2D eigenvalue weighted by Crippen LogP contribution is 2.31. The maximum Gasteiger partial charge on any atom is 0.263 e. The molecule has 2 aliphatic rings. The monoisotopic (exact) mass is 528 g/mol. The van der Waals surface area contributed by atoms with Crippen LogP contribution in [0.15, 0.2) is 62.9 Å². The molecule has 2 fully saturated rings. The van der Waals surface area contributed by atoms with Crippen molar-refractivity contribution in [3.05, 3.63) is 69.0 Å². The van der Waals surface area contributed by atoms with Crippen molar-refractivity contribution < 1.29 is 14.4 Å². The Morgan fingerprint density at radius 3 is 2.41 bits per heavy atom. The lowest BCUT2D eigenvalue weighted by atomic mass is 10.0. The SMILES string of the molecule is Cc1cc(N=C2NC(=O)/C(=C/[C@@H]3C(=O)NC(=S)N(c4ccccc4)C3=O)S2)cc(C)c1Br. The molecule has 0 bridgehead atoms. The zero-order valence-electron chi connectivity index (χ0n) is 17.0. The van der Waals surface area contributed by atoms with E-state index in [0.29, 0.717) is 16.5 Å². The Balaban J connectivity index is 1.60. The molecule has 3 amide bonds. The number of thiocarbonyl (C=S) groups is 1. The number of amides is 3. The van der Waals surface area contributed by atoms with Gasteiger partial charge >= 0.3 is 0 Å². The Kier molecular flexibility index (Phi) is 6.27. The van der Waals surface area contributed by atoms with E-state index in [1.807, 2.05) is 32.0 Å². The van der Waals surface area contributed by atoms with Gasteiger partial charge in [-0.15, -0.1) is 0 Å². The van der Waals surface area contributed by atoms with Gasteiger partial charge in [-0.25, -0.2) is 4.99 Å². The predicted octanol–water partition coefficient (Wildman–Crippen LogP) is 3.86. The molecule has 0 radical (unpaired) electrons. The molecule has 0 aliphatic carbocycles. The molecule has 32 heavy (non-hydrogen) atoms. The number of carbonyl (C=O) groups is 3. The summed E-state index contributed by atoms with van der Waals surface area (Å²) >= 11 is 9.79. The number of benzene rings is 2. The lowest BCUT2D eigenvalue weighted by Crippen LogP contribution is -2.57. The van der Waals surface area contributed by atoms with Crippen LogP contribution in [0.5, 0.6) is 0 Å². The number of nitrogens with one attached hydrogen (secondary N) is 2. The molecule has 2 N–H and O–H groups in total. The largest absolute Gasteiger partial charge is 0.301 e. The van der Waals surface area contributed by atoms with Crippen LogP contribution in [0, 0.1) is 19.8 Å². The molecule has 0 aromatic heterocycles. The van der Waals surface area contributed by atoms with Crippen LogP contribution >= 0.6 is 39.9 Å². The summed E-state index contributed by atoms with van der Waals surface area (Å²) in [6.07, 6.45) is 1.36. The number of rotatable bonds is 3. The molecule has 2 saturated heterocycles. The van der Waals surface area contributed by atoms with Gasteiger partial charge in [-0.2, -0.15) is 0 Å². The number of aliphatic imine (C=N–C) groups is 1. The van der Waals surface area contributed by atoms with E-state index in [0.717, 1.165) is 27.4 Å². The molecule has 4 rings (SSSR count). The van der Waals surface area contributed by atoms with Crippen molar-refractivity contribution in [2.75, 3.05) is 4.90 Å². The fraction of sp³-hybridized carbons (Fsp3) is 0.136. The second-order valence-corrected chi connectivity index (χ2v) is 9.39. The fourth-order valence-electron chi connectivity index (χ4n) is 3.31. The van der Waals surface area contributed by atoms with E-state index < -0.39 is 23.6 Å². The average molecular weight is 529 g/mol. The predicted molar refractivity (Wildman–Crippen MR) is 133 cm³/mol. The van der Waals surface area contributed by atoms with Crippen LogP contribution in [0.4, 0.5) is 11.4 Å². The molecular formula is C22H17BrN4O3S2. The molecule has 2 aromatic rings. The smallest absolute Gasteiger partial charge is 0.263 e. The van der Waals surface area contributed by atoms with E-state index in [9.17, 15) is 14.4 Å². The van der Waals surface area contributed by atoms with Crippen LogP contribution in [-0.2, 0) is 14.4 Å². The number of thioether (sulfide) groups is 1. The van der Waals surface area contributed by atoms with Gasteiger partial charge in [0.15, 0.2) is 10.3 Å². The maximum absolute atomic E-state index is 13.1. The molecule has 1 atom stereocenters. The molecule has 0 spiro atoms. The minimum Gasteiger partial charge on any atom is -0.301 e. The van der Waals surface area contributed by atoms with Crippen LogP contribution in [0.3, 0.4) is 0 Å². The summed E-state index contributed by atoms with van der Waals surface area (Å²) < 4.78 is 1.01. The summed E-state index contributed by atoms with van der Waals surface area (Å²) in [5, 5.41) is 5.62. The third kappa shape index (κ3) is 4.38. The van der Waals surface area contributed by atoms with Crippen molar-refractivity contribution in [2.45, 2.75) is 13.8 Å². The lowest BCUT2D eigenvalue weighted by Gasteiger charge is -2.31. The van der Waals surface area contributed by atoms with Gasteiger partial charge in [0.25, 0.3) is 5.91 Å². The minimum atomic E-state index is -1.19. The van der Waals surface area contributed by atoms with Gasteiger partial charge in [0.1, 0.15) is 5.92 Å². The maximum atomic E-state index is 13.1. The van der Waals surface area contributed by atoms with Gasteiger partial charge in [-0.3, -0.25) is 19.3 Å². The Hall–Kier alpha value is -2.82. The molecule has 2 heterocycles. The summed E-state index contributed by atoms with van der Waals surface area (Å²) in [6.45, 7) is 3.92. The lowest BCUT2D eigenvalue weighted by molar-refractivity contribution is -0.131. The zero-order valence-corrected chi connectivity index (χ0v) is 20.2. The zero-order chi connectivity index (χ0) is 23.0. The Morgan fingerprint density at radius 2 is 1.75 bits per heavy atom. The van der Waals surface area contributed by atoms with Crippen molar-refractivity contribution in [2.24, 2.45) is 10.9 Å². The second-order valence-electron chi connectivity index (χ2n) is 7.18. The molecular weight excluding hydrogens is 512 g/mol. The molecule has 0 unspecified atom stereocenters. The van der Waals surface area contributed by atoms with Crippen molar-refractivity contribution >= 4 is 79.3 Å². The number of para-hydroxylation sites is 1. The highest BCUT2D eigenvalue weighted by Gasteiger charge is 2.39. The summed E-state index contributed by atoms with van der Waals surface area (Å²) in [7, 11) is 0. The summed E-state index contributed by atoms with van der Waals surface area (Å²) in [5.74, 6) is -2.70. The van der Waals surface area contributed by atoms with E-state index in [4.69, 9.17) is 12.2 Å². The van der Waals surface area contributed by atoms with E-state index in [2.05, 4.69) is 31.6 Å². The van der Waals surface area contributed by atoms with Crippen LogP contribution in [0.25, 0.3) is 0 Å². The summed E-state index contributed by atoms with van der Waals surface area (Å²) in [6, 6.07) is 12.6. The Labute approximate surface area is 202 Å². The standard InChI is InChI=1S/C22H17BrN4O3S2/c1-11-8-13(9-12(2)17(11)23)24-21-25-19(29)16(32-21)10-15-18(28)26-22(31)27(20(15)30)14-6-4-3-5-7-14/h3-10,15H,1-2H3,(H,24,25,29)(H,26,28,31)/b16-10-/t15-/m1/s1. The van der Waals surface area contributed by atoms with Crippen LogP contribution < -0.4 is 15.5 Å². The van der Waals surface area contributed by atoms with Gasteiger partial charge in [0, 0.05) is 4.47 Å². The number of nitrogens with zero attached hydrogens (tertiary/aromatic N) is 2. The first-order chi connectivity index (χ1) is 15.2. The molecule has 2 aromatic carbocycles. The fourth-order valence-corrected chi connectivity index (χ4v) is 4.69. The number of anilines is 1. The molecule has 10 heteroatoms. The normalized spacial score (nSPS) is 21.3. The average Bonchev–Trinajstić information content (AvgIpc) is 3.08. The van der Waals surface area contributed by atoms with Crippen molar-refractivity contribution in [3.63, 3.8) is 0 Å². The first-order valence-corrected chi connectivity index (χ1v) is 11.6. The van der Waals surface area contributed by atoms with E-state index in [1.165, 1.54) is 11.0 Å². The van der Waals surface area contributed by atoms with Crippen molar-refractivity contribution in [1.82, 2.24) is 10.6 Å². The highest BCUT2D eigenvalue weighted by molar-refractivity contribution is 9.10. The van der Waals surface area contributed by atoms with E-state index in [-0.39, 0.29) is 10.0 Å².